The number of nitrogens with zero attached hydrogens (tertiary/aromatic N) is 4. The van der Waals surface area contributed by atoms with Gasteiger partial charge in [0.05, 0.1) is 22.7 Å². The Morgan fingerprint density at radius 3 is 2.27 bits per heavy atom. The summed E-state index contributed by atoms with van der Waals surface area (Å²) in [6, 6.07) is 49.6. The van der Waals surface area contributed by atoms with Gasteiger partial charge in [-0.05, 0) is 77.3 Å². The second kappa shape index (κ2) is 10.5. The van der Waals surface area contributed by atoms with Crippen molar-refractivity contribution in [2.45, 2.75) is 0 Å². The molecular weight excluding hydrogens is 785 g/mol. The van der Waals surface area contributed by atoms with Crippen LogP contribution in [0, 0.1) is 6.07 Å². The van der Waals surface area contributed by atoms with Crippen molar-refractivity contribution in [3.63, 3.8) is 0 Å². The zero-order chi connectivity index (χ0) is 31.3. The molecule has 0 saturated heterocycles. The summed E-state index contributed by atoms with van der Waals surface area (Å²) in [5.74, 6) is 0.566. The molecule has 0 fully saturated rings. The van der Waals surface area contributed by atoms with Gasteiger partial charge in [0.15, 0.2) is 5.58 Å². The Morgan fingerprint density at radius 1 is 0.551 bits per heavy atom. The molecule has 7 heteroatoms. The van der Waals surface area contributed by atoms with Crippen molar-refractivity contribution in [3.8, 4) is 28.3 Å². The number of aromatic nitrogens is 4. The number of oxazole rings is 1. The average molecular weight is 808 g/mol. The molecule has 0 unspecified atom stereocenters. The van der Waals surface area contributed by atoms with E-state index in [2.05, 4.69) is 113 Å². The quantitative estimate of drug-likeness (QED) is 0.167. The van der Waals surface area contributed by atoms with E-state index in [-0.39, 0.29) is 20.1 Å². The standard InChI is InChI=1S/C42H23N4O2.Ir/c1-4-13-34-29(10-1)32-23-25(26-17-19-39-33(24-26)30-11-3-6-15-38(30)47-39)16-18-35(32)45(34)28-9-7-8-27(22-28)42-44-40-31-12-2-5-14-36(31)46-37(20-21-43-46)41(40)48-42;/h1-13,15-24H;/q-1;. The van der Waals surface area contributed by atoms with E-state index in [1.54, 1.807) is 6.20 Å². The van der Waals surface area contributed by atoms with Gasteiger partial charge in [-0.15, -0.1) is 0 Å². The third-order valence-electron chi connectivity index (χ3n) is 9.54. The third kappa shape index (κ3) is 4.04. The minimum absolute atomic E-state index is 0. The van der Waals surface area contributed by atoms with E-state index in [1.165, 1.54) is 10.8 Å². The molecule has 0 atom stereocenters. The number of furan rings is 1. The molecule has 0 spiro atoms. The Hall–Kier alpha value is -6.01. The summed E-state index contributed by atoms with van der Waals surface area (Å²) < 4.78 is 16.8. The molecule has 11 aromatic rings. The molecule has 49 heavy (non-hydrogen) atoms. The predicted octanol–water partition coefficient (Wildman–Crippen LogP) is 10.8. The number of benzene rings is 6. The zero-order valence-corrected chi connectivity index (χ0v) is 28.1. The van der Waals surface area contributed by atoms with Crippen LogP contribution in [0.15, 0.2) is 148 Å². The molecule has 11 rings (SSSR count). The number of pyridine rings is 1. The molecule has 0 aliphatic heterocycles. The molecule has 233 valence electrons. The van der Waals surface area contributed by atoms with Crippen LogP contribution < -0.4 is 0 Å². The third-order valence-corrected chi connectivity index (χ3v) is 9.54. The van der Waals surface area contributed by atoms with Gasteiger partial charge in [-0.3, -0.25) is 4.52 Å². The summed E-state index contributed by atoms with van der Waals surface area (Å²) in [5, 5.41) is 10.1. The second-order valence-corrected chi connectivity index (χ2v) is 12.2. The van der Waals surface area contributed by atoms with Crippen LogP contribution in [0.2, 0.25) is 0 Å². The van der Waals surface area contributed by atoms with E-state index in [0.29, 0.717) is 11.5 Å². The summed E-state index contributed by atoms with van der Waals surface area (Å²) >= 11 is 0. The molecule has 0 aliphatic rings. The summed E-state index contributed by atoms with van der Waals surface area (Å²) in [6.45, 7) is 0. The van der Waals surface area contributed by atoms with E-state index < -0.39 is 0 Å². The van der Waals surface area contributed by atoms with Gasteiger partial charge in [-0.25, -0.2) is 4.98 Å². The van der Waals surface area contributed by atoms with Crippen LogP contribution >= 0.6 is 0 Å². The van der Waals surface area contributed by atoms with Crippen molar-refractivity contribution in [1.29, 1.82) is 0 Å². The molecule has 5 aromatic heterocycles. The first-order chi connectivity index (χ1) is 23.8. The van der Waals surface area contributed by atoms with Gasteiger partial charge >= 0.3 is 0 Å². The minimum Gasteiger partial charge on any atom is -0.456 e. The Balaban J connectivity index is 0.00000306. The number of rotatable bonds is 3. The second-order valence-electron chi connectivity index (χ2n) is 12.2. The maximum absolute atomic E-state index is 6.50. The van der Waals surface area contributed by atoms with E-state index >= 15 is 0 Å². The Bertz CT molecular complexity index is 3090. The molecule has 0 aliphatic carbocycles. The van der Waals surface area contributed by atoms with Gasteiger partial charge < -0.3 is 13.4 Å². The van der Waals surface area contributed by atoms with E-state index in [1.807, 2.05) is 40.9 Å². The first kappa shape index (κ1) is 28.0. The molecule has 6 aromatic carbocycles. The van der Waals surface area contributed by atoms with E-state index in [0.717, 1.165) is 77.3 Å². The van der Waals surface area contributed by atoms with Gasteiger partial charge in [0.2, 0.25) is 5.89 Å². The fraction of sp³-hybridized carbons (Fsp3) is 0. The Kier molecular flexibility index (Phi) is 6.01. The molecule has 0 N–H and O–H groups in total. The smallest absolute Gasteiger partial charge is 0.226 e. The van der Waals surface area contributed by atoms with E-state index in [4.69, 9.17) is 13.8 Å². The monoisotopic (exact) mass is 808 g/mol. The predicted molar refractivity (Wildman–Crippen MR) is 192 cm³/mol. The summed E-state index contributed by atoms with van der Waals surface area (Å²) in [7, 11) is 0. The van der Waals surface area contributed by atoms with E-state index in [9.17, 15) is 0 Å². The fourth-order valence-electron chi connectivity index (χ4n) is 7.36. The van der Waals surface area contributed by atoms with Crippen LogP contribution in [0.25, 0.3) is 99.5 Å². The Labute approximate surface area is 292 Å². The maximum Gasteiger partial charge on any atom is 0.226 e. The first-order valence-corrected chi connectivity index (χ1v) is 15.9. The topological polar surface area (TPSA) is 61.4 Å². The fourth-order valence-corrected chi connectivity index (χ4v) is 7.36. The SMILES string of the molecule is [Ir].[c-]1cccc2c3nc(-c4cccc(-n5c6ccccc6c6cc(-c7ccc8oc9ccccc9c8c7)ccc65)c4)oc3c3ccnn3c12. The molecule has 0 amide bonds. The van der Waals surface area contributed by atoms with Gasteiger partial charge in [0, 0.05) is 52.9 Å². The summed E-state index contributed by atoms with van der Waals surface area (Å²) in [4.78, 5) is 5.03. The van der Waals surface area contributed by atoms with Crippen LogP contribution in [0.1, 0.15) is 0 Å². The van der Waals surface area contributed by atoms with Crippen molar-refractivity contribution in [1.82, 2.24) is 19.2 Å². The van der Waals surface area contributed by atoms with Gasteiger partial charge in [-0.1, -0.05) is 60.0 Å². The molecule has 1 radical (unpaired) electrons. The van der Waals surface area contributed by atoms with Crippen LogP contribution in [0.5, 0.6) is 0 Å². The number of fused-ring (bicyclic) bond motifs is 12. The first-order valence-electron chi connectivity index (χ1n) is 15.9. The Morgan fingerprint density at radius 2 is 1.33 bits per heavy atom. The maximum atomic E-state index is 6.50. The van der Waals surface area contributed by atoms with Gasteiger partial charge in [0.25, 0.3) is 0 Å². The largest absolute Gasteiger partial charge is 0.456 e. The number of hydrogen-bond acceptors (Lipinski definition) is 4. The van der Waals surface area contributed by atoms with Gasteiger partial charge in [0.1, 0.15) is 16.7 Å². The van der Waals surface area contributed by atoms with Crippen LogP contribution in [-0.4, -0.2) is 19.2 Å². The number of hydrogen-bond donors (Lipinski definition) is 0. The molecular formula is C42H23IrN4O2-. The molecule has 5 heterocycles. The molecule has 0 bridgehead atoms. The van der Waals surface area contributed by atoms with Crippen LogP contribution in [0.4, 0.5) is 0 Å². The molecule has 6 nitrogen and oxygen atoms in total. The van der Waals surface area contributed by atoms with Crippen molar-refractivity contribution in [3.05, 3.63) is 146 Å². The van der Waals surface area contributed by atoms with Crippen LogP contribution in [-0.2, 0) is 20.1 Å². The minimum atomic E-state index is 0. The van der Waals surface area contributed by atoms with Crippen molar-refractivity contribution in [2.75, 3.05) is 0 Å². The van der Waals surface area contributed by atoms with Crippen molar-refractivity contribution in [2.24, 2.45) is 0 Å². The molecule has 0 saturated carbocycles. The van der Waals surface area contributed by atoms with Crippen molar-refractivity contribution >= 4 is 71.3 Å². The summed E-state index contributed by atoms with van der Waals surface area (Å²) in [5.41, 5.74) is 11.6. The summed E-state index contributed by atoms with van der Waals surface area (Å²) in [6.07, 6.45) is 1.78. The van der Waals surface area contributed by atoms with Crippen LogP contribution in [0.3, 0.4) is 0 Å². The van der Waals surface area contributed by atoms with Gasteiger partial charge in [-0.2, -0.15) is 29.4 Å². The number of para-hydroxylation sites is 3. The van der Waals surface area contributed by atoms with Crippen molar-refractivity contribution < 1.29 is 28.9 Å². The normalized spacial score (nSPS) is 11.9. The average Bonchev–Trinajstić information content (AvgIpc) is 3.94. The zero-order valence-electron chi connectivity index (χ0n) is 25.7.